The van der Waals surface area contributed by atoms with E-state index in [1.165, 1.54) is 12.2 Å². The van der Waals surface area contributed by atoms with E-state index in [0.717, 1.165) is 27.8 Å². The molecular weight excluding hydrogens is 642 g/mol. The van der Waals surface area contributed by atoms with Crippen LogP contribution >= 0.6 is 0 Å². The summed E-state index contributed by atoms with van der Waals surface area (Å²) in [6, 6.07) is 47.6. The molecule has 1 saturated heterocycles. The summed E-state index contributed by atoms with van der Waals surface area (Å²) in [6.07, 6.45) is -2.93. The molecule has 5 aromatic carbocycles. The molecule has 1 amide bonds. The molecule has 1 fully saturated rings. The molecule has 0 bridgehead atoms. The summed E-state index contributed by atoms with van der Waals surface area (Å²) in [5.41, 5.74) is 5.35. The summed E-state index contributed by atoms with van der Waals surface area (Å²) >= 11 is 0. The summed E-state index contributed by atoms with van der Waals surface area (Å²) in [4.78, 5) is 18.4. The van der Waals surface area contributed by atoms with Crippen LogP contribution in [-0.4, -0.2) is 56.2 Å². The monoisotopic (exact) mass is 687 g/mol. The highest BCUT2D eigenvalue weighted by Crippen LogP contribution is 2.39. The Morgan fingerprint density at radius 2 is 1.06 bits per heavy atom. The van der Waals surface area contributed by atoms with Crippen molar-refractivity contribution < 1.29 is 33.3 Å². The average Bonchev–Trinajstić information content (AvgIpc) is 3.19. The maximum absolute atomic E-state index is 13.2. The minimum atomic E-state index is -0.628. The quantitative estimate of drug-likeness (QED) is 0.0983. The van der Waals surface area contributed by atoms with E-state index >= 15 is 0 Å². The highest BCUT2D eigenvalue weighted by atomic mass is 16.7. The Hall–Kier alpha value is -4.67. The number of nitrogens with zero attached hydrogens (tertiary/aromatic N) is 1. The molecule has 0 N–H and O–H groups in total. The third-order valence-electron chi connectivity index (χ3n) is 8.91. The molecule has 5 aromatic rings. The normalized spacial score (nSPS) is 20.2. The predicted octanol–water partition coefficient (Wildman–Crippen LogP) is 7.73. The second-order valence-electron chi connectivity index (χ2n) is 12.5. The summed E-state index contributed by atoms with van der Waals surface area (Å²) in [5, 5.41) is 1.20. The van der Waals surface area contributed by atoms with Crippen LogP contribution in [0.25, 0.3) is 0 Å². The highest BCUT2D eigenvalue weighted by molar-refractivity contribution is 5.93. The Kier molecular flexibility index (Phi) is 13.1. The van der Waals surface area contributed by atoms with E-state index in [-0.39, 0.29) is 12.5 Å². The molecule has 0 saturated carbocycles. The average molecular weight is 688 g/mol. The van der Waals surface area contributed by atoms with E-state index in [4.69, 9.17) is 28.5 Å². The van der Waals surface area contributed by atoms with Crippen LogP contribution in [0.4, 0.5) is 0 Å². The van der Waals surface area contributed by atoms with Crippen LogP contribution in [0.1, 0.15) is 44.3 Å². The fourth-order valence-corrected chi connectivity index (χ4v) is 6.17. The van der Waals surface area contributed by atoms with Crippen molar-refractivity contribution in [1.29, 1.82) is 0 Å². The first-order valence-corrected chi connectivity index (χ1v) is 17.2. The van der Waals surface area contributed by atoms with E-state index in [1.807, 2.05) is 140 Å². The Balaban J connectivity index is 1.38. The molecule has 264 valence electrons. The van der Waals surface area contributed by atoms with Gasteiger partial charge in [-0.3, -0.25) is 9.63 Å². The van der Waals surface area contributed by atoms with Gasteiger partial charge in [-0.15, -0.1) is 0 Å². The molecule has 8 heteroatoms. The molecule has 1 unspecified atom stereocenters. The molecule has 0 aromatic heterocycles. The third-order valence-corrected chi connectivity index (χ3v) is 8.91. The van der Waals surface area contributed by atoms with Gasteiger partial charge in [-0.25, -0.2) is 5.06 Å². The number of carbonyl (C=O) groups is 1. The number of hydrogen-bond donors (Lipinski definition) is 0. The third kappa shape index (κ3) is 9.98. The van der Waals surface area contributed by atoms with E-state index in [0.29, 0.717) is 32.0 Å². The van der Waals surface area contributed by atoms with Crippen LogP contribution in [0.2, 0.25) is 0 Å². The standard InChI is InChI=1S/C43H45NO7/c1-44(46-2)43(45)37-25-15-24-36(26-37)39-41(49-29-34-20-11-5-12-21-34)42(50-30-35-22-13-6-14-23-35)40(48-28-33-18-9-4-10-19-33)38(51-39)31-47-27-32-16-7-3-8-17-32/h3-26,38-42H,27-31H2,1-2H3/t38-,39+,40-,41+,42?/m1/s1. The number of ether oxygens (including phenoxy) is 5. The number of benzene rings is 5. The van der Waals surface area contributed by atoms with Gasteiger partial charge < -0.3 is 23.7 Å². The molecule has 5 atom stereocenters. The highest BCUT2D eigenvalue weighted by Gasteiger charge is 2.49. The Labute approximate surface area is 300 Å². The lowest BCUT2D eigenvalue weighted by Gasteiger charge is -2.46. The fourth-order valence-electron chi connectivity index (χ4n) is 6.17. The van der Waals surface area contributed by atoms with Crippen molar-refractivity contribution in [2.45, 2.75) is 56.9 Å². The van der Waals surface area contributed by atoms with Gasteiger partial charge in [-0.2, -0.15) is 0 Å². The largest absolute Gasteiger partial charge is 0.374 e. The smallest absolute Gasteiger partial charge is 0.277 e. The topological polar surface area (TPSA) is 75.7 Å². The minimum absolute atomic E-state index is 0.243. The van der Waals surface area contributed by atoms with Crippen molar-refractivity contribution >= 4 is 5.91 Å². The molecule has 0 spiro atoms. The van der Waals surface area contributed by atoms with Gasteiger partial charge in [0.1, 0.15) is 30.5 Å². The number of amides is 1. The Morgan fingerprint density at radius 1 is 0.588 bits per heavy atom. The summed E-state index contributed by atoms with van der Waals surface area (Å²) < 4.78 is 33.8. The molecule has 51 heavy (non-hydrogen) atoms. The van der Waals surface area contributed by atoms with Crippen molar-refractivity contribution in [3.8, 4) is 0 Å². The molecule has 8 nitrogen and oxygen atoms in total. The van der Waals surface area contributed by atoms with E-state index in [2.05, 4.69) is 0 Å². The number of carbonyl (C=O) groups excluding carboxylic acids is 1. The van der Waals surface area contributed by atoms with Crippen molar-refractivity contribution in [2.24, 2.45) is 0 Å². The van der Waals surface area contributed by atoms with Crippen molar-refractivity contribution in [3.63, 3.8) is 0 Å². The minimum Gasteiger partial charge on any atom is -0.374 e. The lowest BCUT2D eigenvalue weighted by Crippen LogP contribution is -2.58. The van der Waals surface area contributed by atoms with E-state index in [1.54, 1.807) is 13.1 Å². The van der Waals surface area contributed by atoms with Crippen LogP contribution < -0.4 is 0 Å². The molecule has 1 heterocycles. The van der Waals surface area contributed by atoms with E-state index in [9.17, 15) is 4.79 Å². The predicted molar refractivity (Wildman–Crippen MR) is 194 cm³/mol. The fraction of sp³-hybridized carbons (Fsp3) is 0.279. The van der Waals surface area contributed by atoms with Gasteiger partial charge in [0.25, 0.3) is 5.91 Å². The van der Waals surface area contributed by atoms with Gasteiger partial charge in [0.2, 0.25) is 0 Å². The van der Waals surface area contributed by atoms with Crippen LogP contribution in [-0.2, 0) is 54.9 Å². The summed E-state index contributed by atoms with van der Waals surface area (Å²) in [7, 11) is 3.05. The Morgan fingerprint density at radius 3 is 1.57 bits per heavy atom. The van der Waals surface area contributed by atoms with Gasteiger partial charge in [-0.05, 0) is 39.9 Å². The van der Waals surface area contributed by atoms with Crippen molar-refractivity contribution in [3.05, 3.63) is 179 Å². The number of hydroxylamine groups is 2. The SMILES string of the molecule is CON(C)C(=O)c1cccc([C@@H]2O[C@H](COCc3ccccc3)[C@@H](OCc3ccccc3)C(OCc3ccccc3)[C@H]2OCc2ccccc2)c1. The van der Waals surface area contributed by atoms with Crippen LogP contribution in [0.15, 0.2) is 146 Å². The number of hydrogen-bond acceptors (Lipinski definition) is 7. The molecule has 1 aliphatic rings. The maximum Gasteiger partial charge on any atom is 0.277 e. The van der Waals surface area contributed by atoms with Gasteiger partial charge >= 0.3 is 0 Å². The molecular formula is C43H45NO7. The lowest BCUT2D eigenvalue weighted by molar-refractivity contribution is -0.275. The summed E-state index contributed by atoms with van der Waals surface area (Å²) in [5.74, 6) is -0.277. The Bertz CT molecular complexity index is 1760. The van der Waals surface area contributed by atoms with Gasteiger partial charge in [-0.1, -0.05) is 133 Å². The molecule has 1 aliphatic heterocycles. The van der Waals surface area contributed by atoms with E-state index < -0.39 is 30.5 Å². The van der Waals surface area contributed by atoms with Crippen LogP contribution in [0, 0.1) is 0 Å². The molecule has 0 aliphatic carbocycles. The second kappa shape index (κ2) is 18.5. The first-order chi connectivity index (χ1) is 25.1. The van der Waals surface area contributed by atoms with Crippen LogP contribution in [0.3, 0.4) is 0 Å². The zero-order valence-electron chi connectivity index (χ0n) is 29.1. The lowest BCUT2D eigenvalue weighted by atomic mass is 9.89. The molecule has 0 radical (unpaired) electrons. The van der Waals surface area contributed by atoms with Crippen molar-refractivity contribution in [1.82, 2.24) is 5.06 Å². The zero-order valence-corrected chi connectivity index (χ0v) is 29.1. The van der Waals surface area contributed by atoms with Gasteiger partial charge in [0, 0.05) is 12.6 Å². The molecule has 6 rings (SSSR count). The summed E-state index contributed by atoms with van der Waals surface area (Å²) in [6.45, 7) is 1.66. The van der Waals surface area contributed by atoms with Crippen LogP contribution in [0.5, 0.6) is 0 Å². The second-order valence-corrected chi connectivity index (χ2v) is 12.5. The maximum atomic E-state index is 13.2. The van der Waals surface area contributed by atoms with Gasteiger partial charge in [0.05, 0.1) is 40.1 Å². The van der Waals surface area contributed by atoms with Crippen molar-refractivity contribution in [2.75, 3.05) is 20.8 Å². The van der Waals surface area contributed by atoms with Gasteiger partial charge in [0.15, 0.2) is 0 Å². The zero-order chi connectivity index (χ0) is 35.3. The first-order valence-electron chi connectivity index (χ1n) is 17.2. The number of rotatable bonds is 16. The first kappa shape index (κ1) is 36.1.